The van der Waals surface area contributed by atoms with Crippen LogP contribution in [0.25, 0.3) is 0 Å². The largest absolute Gasteiger partial charge is 0.493 e. The number of benzene rings is 1. The highest BCUT2D eigenvalue weighted by Crippen LogP contribution is 2.33. The lowest BCUT2D eigenvalue weighted by Gasteiger charge is -2.19. The summed E-state index contributed by atoms with van der Waals surface area (Å²) in [6.45, 7) is 0. The van der Waals surface area contributed by atoms with Crippen LogP contribution in [0, 0.1) is 5.82 Å². The summed E-state index contributed by atoms with van der Waals surface area (Å²) in [6.07, 6.45) is 1.65. The van der Waals surface area contributed by atoms with Gasteiger partial charge in [0.15, 0.2) is 5.75 Å². The number of methoxy groups -OCH3 is 1. The minimum Gasteiger partial charge on any atom is -0.493 e. The maximum atomic E-state index is 13.5. The Kier molecular flexibility index (Phi) is 4.21. The first kappa shape index (κ1) is 14.0. The van der Waals surface area contributed by atoms with Crippen molar-refractivity contribution in [1.29, 1.82) is 0 Å². The molecule has 2 rings (SSSR count). The van der Waals surface area contributed by atoms with Crippen LogP contribution >= 0.6 is 15.9 Å². The van der Waals surface area contributed by atoms with Crippen LogP contribution in [0.1, 0.15) is 17.3 Å². The van der Waals surface area contributed by atoms with Gasteiger partial charge < -0.3 is 10.1 Å². The highest BCUT2D eigenvalue weighted by Gasteiger charge is 2.23. The van der Waals surface area contributed by atoms with Gasteiger partial charge in [-0.3, -0.25) is 4.68 Å². The Morgan fingerprint density at radius 3 is 2.84 bits per heavy atom. The summed E-state index contributed by atoms with van der Waals surface area (Å²) < 4.78 is 21.3. The van der Waals surface area contributed by atoms with Crippen LogP contribution in [0.2, 0.25) is 0 Å². The first-order chi connectivity index (χ1) is 9.08. The van der Waals surface area contributed by atoms with Gasteiger partial charge in [0.25, 0.3) is 0 Å². The predicted octanol–water partition coefficient (Wildman–Crippen LogP) is 2.64. The molecule has 0 aliphatic carbocycles. The molecule has 1 N–H and O–H groups in total. The Morgan fingerprint density at radius 1 is 1.47 bits per heavy atom. The molecule has 0 aliphatic heterocycles. The van der Waals surface area contributed by atoms with Crippen LogP contribution < -0.4 is 10.1 Å². The van der Waals surface area contributed by atoms with Crippen LogP contribution in [0.3, 0.4) is 0 Å². The van der Waals surface area contributed by atoms with E-state index in [1.165, 1.54) is 12.1 Å². The van der Waals surface area contributed by atoms with Gasteiger partial charge in [0.1, 0.15) is 11.5 Å². The molecule has 0 bridgehead atoms. The number of ether oxygens (including phenoxy) is 1. The molecule has 6 heteroatoms. The Morgan fingerprint density at radius 2 is 2.21 bits per heavy atom. The minimum absolute atomic E-state index is 0.215. The third-order valence-corrected chi connectivity index (χ3v) is 3.72. The Balaban J connectivity index is 2.56. The normalized spacial score (nSPS) is 12.5. The standard InChI is InChI=1S/C13H15BrFN3O/c1-16-12(9-6-8(15)4-5-10(9)14)13-11(19-3)7-17-18(13)2/h4-7,12,16H,1-3H3. The van der Waals surface area contributed by atoms with Gasteiger partial charge in [-0.15, -0.1) is 0 Å². The lowest BCUT2D eigenvalue weighted by atomic mass is 10.0. The number of nitrogens with one attached hydrogen (secondary N) is 1. The quantitative estimate of drug-likeness (QED) is 0.938. The maximum absolute atomic E-state index is 13.5. The molecular weight excluding hydrogens is 313 g/mol. The number of rotatable bonds is 4. The van der Waals surface area contributed by atoms with E-state index in [-0.39, 0.29) is 11.9 Å². The van der Waals surface area contributed by atoms with Crippen molar-refractivity contribution in [1.82, 2.24) is 15.1 Å². The summed E-state index contributed by atoms with van der Waals surface area (Å²) in [5.74, 6) is 0.387. The van der Waals surface area contributed by atoms with Crippen molar-refractivity contribution in [3.8, 4) is 5.75 Å². The van der Waals surface area contributed by atoms with Crippen molar-refractivity contribution in [2.45, 2.75) is 6.04 Å². The van der Waals surface area contributed by atoms with Crippen LogP contribution in [-0.2, 0) is 7.05 Å². The average Bonchev–Trinajstić information content (AvgIpc) is 2.76. The smallest absolute Gasteiger partial charge is 0.161 e. The predicted molar refractivity (Wildman–Crippen MR) is 74.8 cm³/mol. The number of aromatic nitrogens is 2. The van der Waals surface area contributed by atoms with E-state index in [2.05, 4.69) is 26.3 Å². The molecule has 1 atom stereocenters. The Bertz CT molecular complexity index is 585. The molecule has 0 amide bonds. The Hall–Kier alpha value is -1.40. The lowest BCUT2D eigenvalue weighted by molar-refractivity contribution is 0.402. The molecule has 0 saturated heterocycles. The molecule has 0 fully saturated rings. The van der Waals surface area contributed by atoms with Gasteiger partial charge in [0.05, 0.1) is 19.3 Å². The average molecular weight is 328 g/mol. The molecule has 0 spiro atoms. The minimum atomic E-state index is -0.278. The van der Waals surface area contributed by atoms with Crippen molar-refractivity contribution in [3.63, 3.8) is 0 Å². The second kappa shape index (κ2) is 5.71. The highest BCUT2D eigenvalue weighted by molar-refractivity contribution is 9.10. The van der Waals surface area contributed by atoms with E-state index in [0.29, 0.717) is 5.75 Å². The topological polar surface area (TPSA) is 39.1 Å². The van der Waals surface area contributed by atoms with Gasteiger partial charge >= 0.3 is 0 Å². The van der Waals surface area contributed by atoms with E-state index in [4.69, 9.17) is 4.74 Å². The van der Waals surface area contributed by atoms with Gasteiger partial charge in [-0.05, 0) is 30.8 Å². The first-order valence-electron chi connectivity index (χ1n) is 5.76. The second-order valence-electron chi connectivity index (χ2n) is 4.11. The fourth-order valence-electron chi connectivity index (χ4n) is 2.09. The van der Waals surface area contributed by atoms with Crippen LogP contribution in [0.15, 0.2) is 28.9 Å². The van der Waals surface area contributed by atoms with Gasteiger partial charge in [-0.25, -0.2) is 4.39 Å². The number of halogens is 2. The van der Waals surface area contributed by atoms with Gasteiger partial charge in [0, 0.05) is 11.5 Å². The third kappa shape index (κ3) is 2.64. The van der Waals surface area contributed by atoms with Crippen molar-refractivity contribution < 1.29 is 9.13 Å². The van der Waals surface area contributed by atoms with Crippen molar-refractivity contribution in [2.75, 3.05) is 14.2 Å². The molecular formula is C13H15BrFN3O. The molecule has 2 aromatic rings. The molecule has 1 heterocycles. The molecule has 19 heavy (non-hydrogen) atoms. The fraction of sp³-hybridized carbons (Fsp3) is 0.308. The maximum Gasteiger partial charge on any atom is 0.161 e. The summed E-state index contributed by atoms with van der Waals surface area (Å²) >= 11 is 3.45. The zero-order valence-electron chi connectivity index (χ0n) is 10.9. The van der Waals surface area contributed by atoms with Crippen molar-refractivity contribution >= 4 is 15.9 Å². The van der Waals surface area contributed by atoms with Crippen LogP contribution in [-0.4, -0.2) is 23.9 Å². The lowest BCUT2D eigenvalue weighted by Crippen LogP contribution is -2.22. The molecule has 102 valence electrons. The molecule has 1 unspecified atom stereocenters. The zero-order chi connectivity index (χ0) is 14.0. The number of nitrogens with zero attached hydrogens (tertiary/aromatic N) is 2. The van der Waals surface area contributed by atoms with Gasteiger partial charge in [-0.1, -0.05) is 15.9 Å². The SMILES string of the molecule is CNC(c1cc(F)ccc1Br)c1c(OC)cnn1C. The van der Waals surface area contributed by atoms with Crippen LogP contribution in [0.4, 0.5) is 4.39 Å². The van der Waals surface area contributed by atoms with E-state index in [1.807, 2.05) is 14.1 Å². The summed E-state index contributed by atoms with van der Waals surface area (Å²) in [5.41, 5.74) is 1.64. The first-order valence-corrected chi connectivity index (χ1v) is 6.56. The Labute approximate surface area is 119 Å². The molecule has 1 aromatic carbocycles. The summed E-state index contributed by atoms with van der Waals surface area (Å²) in [6, 6.07) is 4.39. The summed E-state index contributed by atoms with van der Waals surface area (Å²) in [4.78, 5) is 0. The molecule has 4 nitrogen and oxygen atoms in total. The molecule has 0 saturated carbocycles. The molecule has 1 aromatic heterocycles. The third-order valence-electron chi connectivity index (χ3n) is 3.00. The van der Waals surface area contributed by atoms with E-state index in [9.17, 15) is 4.39 Å². The summed E-state index contributed by atoms with van der Waals surface area (Å²) in [7, 11) is 5.23. The molecule has 0 aliphatic rings. The fourth-order valence-corrected chi connectivity index (χ4v) is 2.56. The highest BCUT2D eigenvalue weighted by atomic mass is 79.9. The monoisotopic (exact) mass is 327 g/mol. The number of hydrogen-bond donors (Lipinski definition) is 1. The van der Waals surface area contributed by atoms with E-state index in [0.717, 1.165) is 15.7 Å². The van der Waals surface area contributed by atoms with Crippen molar-refractivity contribution in [3.05, 3.63) is 45.9 Å². The van der Waals surface area contributed by atoms with E-state index < -0.39 is 0 Å². The summed E-state index contributed by atoms with van der Waals surface area (Å²) in [5, 5.41) is 7.34. The number of aryl methyl sites for hydroxylation is 1. The van der Waals surface area contributed by atoms with Gasteiger partial charge in [-0.2, -0.15) is 5.10 Å². The second-order valence-corrected chi connectivity index (χ2v) is 4.96. The van der Waals surface area contributed by atoms with E-state index in [1.54, 1.807) is 24.1 Å². The van der Waals surface area contributed by atoms with E-state index >= 15 is 0 Å². The molecule has 0 radical (unpaired) electrons. The zero-order valence-corrected chi connectivity index (χ0v) is 12.5. The number of hydrogen-bond acceptors (Lipinski definition) is 3. The van der Waals surface area contributed by atoms with Crippen LogP contribution in [0.5, 0.6) is 5.75 Å². The van der Waals surface area contributed by atoms with Crippen molar-refractivity contribution in [2.24, 2.45) is 7.05 Å². The van der Waals surface area contributed by atoms with Gasteiger partial charge in [0.2, 0.25) is 0 Å².